The number of methoxy groups -OCH3 is 2. The molecule has 2 aliphatic rings. The molecule has 0 radical (unpaired) electrons. The van der Waals surface area contributed by atoms with Crippen LogP contribution in [0.1, 0.15) is 54.6 Å². The van der Waals surface area contributed by atoms with Crippen LogP contribution in [0, 0.1) is 0 Å². The number of nitrogens with two attached hydrogens (primary N) is 1. The third-order valence-electron chi connectivity index (χ3n) is 6.40. The van der Waals surface area contributed by atoms with Gasteiger partial charge in [0, 0.05) is 35.2 Å². The predicted octanol–water partition coefficient (Wildman–Crippen LogP) is 2.78. The molecule has 2 atom stereocenters. The van der Waals surface area contributed by atoms with Crippen LogP contribution in [0.2, 0.25) is 0 Å². The summed E-state index contributed by atoms with van der Waals surface area (Å²) in [5.41, 5.74) is 6.69. The van der Waals surface area contributed by atoms with E-state index >= 15 is 0 Å². The Morgan fingerprint density at radius 2 is 2.03 bits per heavy atom. The molecule has 176 valence electrons. The van der Waals surface area contributed by atoms with Gasteiger partial charge in [-0.25, -0.2) is 9.97 Å². The Bertz CT molecular complexity index is 1080. The average molecular weight is 518 g/mol. The number of hydrogen-bond donors (Lipinski definition) is 2. The second-order valence-electron chi connectivity index (χ2n) is 8.64. The summed E-state index contributed by atoms with van der Waals surface area (Å²) >= 11 is 3.46. The molecular formula is C23H28BrN5O4. The van der Waals surface area contributed by atoms with E-state index in [2.05, 4.69) is 36.1 Å². The number of nitrogens with zero attached hydrogens (tertiary/aromatic N) is 3. The second kappa shape index (κ2) is 9.17. The SMILES string of the molecule is COc1ccc(C(=O)N[C@]2(C(N)=O)CCN(c3cc(Br)cnc3OC)[C@@H](C)C2)c(C2CC2)n1. The minimum absolute atomic E-state index is 0.103. The maximum atomic E-state index is 13.3. The van der Waals surface area contributed by atoms with Gasteiger partial charge in [0.15, 0.2) is 0 Å². The van der Waals surface area contributed by atoms with Crippen molar-refractivity contribution in [2.75, 3.05) is 25.7 Å². The van der Waals surface area contributed by atoms with Crippen molar-refractivity contribution in [1.82, 2.24) is 15.3 Å². The molecule has 3 heterocycles. The number of halogens is 1. The molecular weight excluding hydrogens is 490 g/mol. The number of hydrogen-bond acceptors (Lipinski definition) is 7. The normalized spacial score (nSPS) is 22.5. The number of pyridine rings is 2. The van der Waals surface area contributed by atoms with E-state index in [1.807, 2.05) is 13.0 Å². The first kappa shape index (κ1) is 23.3. The largest absolute Gasteiger partial charge is 0.481 e. The van der Waals surface area contributed by atoms with Crippen molar-refractivity contribution < 1.29 is 19.1 Å². The van der Waals surface area contributed by atoms with Gasteiger partial charge in [0.25, 0.3) is 5.91 Å². The van der Waals surface area contributed by atoms with E-state index in [9.17, 15) is 9.59 Å². The Balaban J connectivity index is 1.58. The number of nitrogens with one attached hydrogen (secondary N) is 1. The van der Waals surface area contributed by atoms with E-state index in [0.717, 1.165) is 23.0 Å². The minimum atomic E-state index is -1.17. The summed E-state index contributed by atoms with van der Waals surface area (Å²) < 4.78 is 11.5. The number of carbonyl (C=O) groups excluding carboxylic acids is 2. The van der Waals surface area contributed by atoms with E-state index in [1.54, 1.807) is 32.5 Å². The highest BCUT2D eigenvalue weighted by Gasteiger charge is 2.45. The van der Waals surface area contributed by atoms with Gasteiger partial charge in [0.1, 0.15) is 11.2 Å². The smallest absolute Gasteiger partial charge is 0.254 e. The van der Waals surface area contributed by atoms with Crippen LogP contribution in [-0.4, -0.2) is 54.1 Å². The van der Waals surface area contributed by atoms with Crippen LogP contribution >= 0.6 is 15.9 Å². The number of primary amides is 1. The molecule has 1 saturated heterocycles. The van der Waals surface area contributed by atoms with Gasteiger partial charge in [-0.15, -0.1) is 0 Å². The predicted molar refractivity (Wildman–Crippen MR) is 127 cm³/mol. The molecule has 0 aromatic carbocycles. The third kappa shape index (κ3) is 4.62. The minimum Gasteiger partial charge on any atom is -0.481 e. The van der Waals surface area contributed by atoms with Crippen LogP contribution in [-0.2, 0) is 4.79 Å². The van der Waals surface area contributed by atoms with E-state index < -0.39 is 11.4 Å². The van der Waals surface area contributed by atoms with Crippen LogP contribution in [0.5, 0.6) is 11.8 Å². The van der Waals surface area contributed by atoms with Crippen molar-refractivity contribution in [3.63, 3.8) is 0 Å². The summed E-state index contributed by atoms with van der Waals surface area (Å²) in [6, 6.07) is 5.20. The van der Waals surface area contributed by atoms with Crippen molar-refractivity contribution in [1.29, 1.82) is 0 Å². The van der Waals surface area contributed by atoms with Crippen LogP contribution in [0.25, 0.3) is 0 Å². The average Bonchev–Trinajstić information content (AvgIpc) is 3.64. The van der Waals surface area contributed by atoms with Crippen molar-refractivity contribution in [2.24, 2.45) is 5.73 Å². The first-order chi connectivity index (χ1) is 15.8. The number of aromatic nitrogens is 2. The molecule has 0 spiro atoms. The summed E-state index contributed by atoms with van der Waals surface area (Å²) in [7, 11) is 3.12. The maximum Gasteiger partial charge on any atom is 0.254 e. The molecule has 1 aliphatic heterocycles. The fraction of sp³-hybridized carbons (Fsp3) is 0.478. The standard InChI is InChI=1S/C23H28BrN5O4/c1-13-11-23(22(25)31,8-9-29(13)17-10-15(24)12-26-21(17)33-3)28-20(30)16-6-7-18(32-2)27-19(16)14-4-5-14/h6-7,10,12-14H,4-5,8-9,11H2,1-3H3,(H2,25,31)(H,28,30)/t13-,23+/m0/s1. The lowest BCUT2D eigenvalue weighted by Crippen LogP contribution is -2.64. The van der Waals surface area contributed by atoms with Crippen LogP contribution in [0.3, 0.4) is 0 Å². The first-order valence-corrected chi connectivity index (χ1v) is 11.7. The molecule has 10 heteroatoms. The van der Waals surface area contributed by atoms with Gasteiger partial charge in [-0.2, -0.15) is 0 Å². The van der Waals surface area contributed by atoms with E-state index in [0.29, 0.717) is 42.4 Å². The molecule has 1 aliphatic carbocycles. The fourth-order valence-electron chi connectivity index (χ4n) is 4.50. The van der Waals surface area contributed by atoms with Crippen LogP contribution < -0.4 is 25.4 Å². The quantitative estimate of drug-likeness (QED) is 0.579. The third-order valence-corrected chi connectivity index (χ3v) is 6.83. The molecule has 3 N–H and O–H groups in total. The number of anilines is 1. The summed E-state index contributed by atoms with van der Waals surface area (Å²) in [4.78, 5) is 36.9. The van der Waals surface area contributed by atoms with Crippen LogP contribution in [0.15, 0.2) is 28.9 Å². The number of piperidine rings is 1. The lowest BCUT2D eigenvalue weighted by molar-refractivity contribution is -0.125. The Hall–Kier alpha value is -2.88. The zero-order valence-corrected chi connectivity index (χ0v) is 20.5. The second-order valence-corrected chi connectivity index (χ2v) is 9.56. The van der Waals surface area contributed by atoms with Crippen molar-refractivity contribution in [2.45, 2.75) is 50.1 Å². The molecule has 1 saturated carbocycles. The van der Waals surface area contributed by atoms with Gasteiger partial charge >= 0.3 is 0 Å². The highest BCUT2D eigenvalue weighted by molar-refractivity contribution is 9.10. The van der Waals surface area contributed by atoms with Crippen molar-refractivity contribution >= 4 is 33.4 Å². The van der Waals surface area contributed by atoms with Gasteiger partial charge in [-0.05, 0) is 60.7 Å². The van der Waals surface area contributed by atoms with Gasteiger partial charge < -0.3 is 25.4 Å². The number of carbonyl (C=O) groups is 2. The zero-order chi connectivity index (χ0) is 23.8. The molecule has 9 nitrogen and oxygen atoms in total. The Kier molecular flexibility index (Phi) is 6.47. The Labute approximate surface area is 201 Å². The zero-order valence-electron chi connectivity index (χ0n) is 18.9. The van der Waals surface area contributed by atoms with E-state index in [1.165, 1.54) is 0 Å². The first-order valence-electron chi connectivity index (χ1n) is 10.9. The van der Waals surface area contributed by atoms with E-state index in [-0.39, 0.29) is 17.9 Å². The number of amides is 2. The van der Waals surface area contributed by atoms with Gasteiger partial charge in [-0.1, -0.05) is 0 Å². The van der Waals surface area contributed by atoms with Crippen molar-refractivity contribution in [3.05, 3.63) is 40.1 Å². The summed E-state index contributed by atoms with van der Waals surface area (Å²) in [6.45, 7) is 2.49. The number of rotatable bonds is 7. The molecule has 2 aromatic rings. The maximum absolute atomic E-state index is 13.3. The Morgan fingerprint density at radius 1 is 1.27 bits per heavy atom. The molecule has 2 fully saturated rings. The van der Waals surface area contributed by atoms with Crippen molar-refractivity contribution in [3.8, 4) is 11.8 Å². The monoisotopic (exact) mass is 517 g/mol. The molecule has 2 aromatic heterocycles. The van der Waals surface area contributed by atoms with Gasteiger partial charge in [-0.3, -0.25) is 9.59 Å². The summed E-state index contributed by atoms with van der Waals surface area (Å²) in [5, 5.41) is 2.97. The lowest BCUT2D eigenvalue weighted by atomic mass is 9.82. The number of ether oxygens (including phenoxy) is 2. The molecule has 0 unspecified atom stereocenters. The highest BCUT2D eigenvalue weighted by atomic mass is 79.9. The van der Waals surface area contributed by atoms with Gasteiger partial charge in [0.05, 0.1) is 25.5 Å². The topological polar surface area (TPSA) is 120 Å². The van der Waals surface area contributed by atoms with Gasteiger partial charge in [0.2, 0.25) is 17.7 Å². The lowest BCUT2D eigenvalue weighted by Gasteiger charge is -2.45. The Morgan fingerprint density at radius 3 is 2.64 bits per heavy atom. The van der Waals surface area contributed by atoms with E-state index in [4.69, 9.17) is 15.2 Å². The van der Waals surface area contributed by atoms with Crippen LogP contribution in [0.4, 0.5) is 5.69 Å². The molecule has 33 heavy (non-hydrogen) atoms. The highest BCUT2D eigenvalue weighted by Crippen LogP contribution is 2.42. The summed E-state index contributed by atoms with van der Waals surface area (Å²) in [6.07, 6.45) is 4.35. The fourth-order valence-corrected chi connectivity index (χ4v) is 4.82. The molecule has 0 bridgehead atoms. The summed E-state index contributed by atoms with van der Waals surface area (Å²) in [5.74, 6) is 0.322. The molecule has 4 rings (SSSR count). The molecule has 2 amide bonds.